The number of oxazole rings is 1. The van der Waals surface area contributed by atoms with Gasteiger partial charge in [0.2, 0.25) is 0 Å². The number of amides is 1. The van der Waals surface area contributed by atoms with Crippen LogP contribution in [0.2, 0.25) is 0 Å². The molecular formula is C18H21N5O2. The molecule has 0 saturated carbocycles. The highest BCUT2D eigenvalue weighted by atomic mass is 16.3. The van der Waals surface area contributed by atoms with Gasteiger partial charge in [-0.2, -0.15) is 0 Å². The molecule has 7 nitrogen and oxygen atoms in total. The zero-order valence-corrected chi connectivity index (χ0v) is 14.6. The molecule has 1 N–H and O–H groups in total. The van der Waals surface area contributed by atoms with Gasteiger partial charge < -0.3 is 14.3 Å². The first-order valence-corrected chi connectivity index (χ1v) is 8.23. The molecule has 7 heteroatoms. The molecule has 25 heavy (non-hydrogen) atoms. The maximum absolute atomic E-state index is 12.4. The van der Waals surface area contributed by atoms with Crippen LogP contribution in [0.3, 0.4) is 0 Å². The maximum Gasteiger partial charge on any atom is 0.273 e. The van der Waals surface area contributed by atoms with Crippen molar-refractivity contribution in [3.8, 4) is 11.3 Å². The van der Waals surface area contributed by atoms with Crippen LogP contribution in [0.25, 0.3) is 11.3 Å². The van der Waals surface area contributed by atoms with Crippen LogP contribution in [0.4, 0.5) is 0 Å². The summed E-state index contributed by atoms with van der Waals surface area (Å²) in [7, 11) is 0. The quantitative estimate of drug-likeness (QED) is 0.746. The zero-order chi connectivity index (χ0) is 17.8. The molecule has 2 heterocycles. The summed E-state index contributed by atoms with van der Waals surface area (Å²) in [6.07, 6.45) is 3.59. The summed E-state index contributed by atoms with van der Waals surface area (Å²) in [6, 6.07) is 8.05. The van der Waals surface area contributed by atoms with Crippen molar-refractivity contribution in [1.82, 2.24) is 25.1 Å². The Balaban J connectivity index is 1.65. The molecule has 0 unspecified atom stereocenters. The molecule has 3 rings (SSSR count). The Kier molecular flexibility index (Phi) is 4.92. The Labute approximate surface area is 146 Å². The second-order valence-electron chi connectivity index (χ2n) is 6.15. The van der Waals surface area contributed by atoms with E-state index in [0.717, 1.165) is 17.0 Å². The third-order valence-electron chi connectivity index (χ3n) is 3.93. The van der Waals surface area contributed by atoms with E-state index in [9.17, 15) is 4.79 Å². The van der Waals surface area contributed by atoms with Crippen molar-refractivity contribution >= 4 is 5.91 Å². The summed E-state index contributed by atoms with van der Waals surface area (Å²) in [5.41, 5.74) is 2.26. The number of nitrogens with zero attached hydrogens (tertiary/aromatic N) is 4. The Bertz CT molecular complexity index is 848. The highest BCUT2D eigenvalue weighted by Gasteiger charge is 2.18. The second-order valence-corrected chi connectivity index (χ2v) is 6.15. The first-order valence-electron chi connectivity index (χ1n) is 8.23. The standard InChI is InChI=1S/C18H21N5O2/c1-12(2)23-10-21-22-15(23)8-9-19-18(24)16-17(25-11-20-16)14-6-4-13(3)5-7-14/h4-7,10-12H,8-9H2,1-3H3,(H,19,24). The van der Waals surface area contributed by atoms with Crippen molar-refractivity contribution in [3.05, 3.63) is 54.1 Å². The van der Waals surface area contributed by atoms with Crippen molar-refractivity contribution in [2.75, 3.05) is 6.54 Å². The lowest BCUT2D eigenvalue weighted by molar-refractivity contribution is 0.0949. The van der Waals surface area contributed by atoms with E-state index in [4.69, 9.17) is 4.42 Å². The van der Waals surface area contributed by atoms with Crippen molar-refractivity contribution in [1.29, 1.82) is 0 Å². The molecule has 0 fully saturated rings. The Morgan fingerprint density at radius 1 is 1.28 bits per heavy atom. The van der Waals surface area contributed by atoms with E-state index in [0.29, 0.717) is 18.7 Å². The van der Waals surface area contributed by atoms with Crippen LogP contribution in [0.1, 0.15) is 41.8 Å². The van der Waals surface area contributed by atoms with Crippen LogP contribution in [0.15, 0.2) is 41.4 Å². The SMILES string of the molecule is Cc1ccc(-c2ocnc2C(=O)NCCc2nncn2C(C)C)cc1. The number of carbonyl (C=O) groups excluding carboxylic acids is 1. The van der Waals surface area contributed by atoms with Crippen molar-refractivity contribution in [2.45, 2.75) is 33.2 Å². The van der Waals surface area contributed by atoms with Crippen LogP contribution in [0.5, 0.6) is 0 Å². The lowest BCUT2D eigenvalue weighted by atomic mass is 10.1. The topological polar surface area (TPSA) is 85.8 Å². The third-order valence-corrected chi connectivity index (χ3v) is 3.93. The van der Waals surface area contributed by atoms with Gasteiger partial charge in [-0.05, 0) is 20.8 Å². The predicted molar refractivity (Wildman–Crippen MR) is 93.1 cm³/mol. The monoisotopic (exact) mass is 339 g/mol. The summed E-state index contributed by atoms with van der Waals surface area (Å²) in [5, 5.41) is 10.9. The number of hydrogen-bond acceptors (Lipinski definition) is 5. The van der Waals surface area contributed by atoms with Crippen LogP contribution in [0, 0.1) is 6.92 Å². The van der Waals surface area contributed by atoms with Crippen LogP contribution in [-0.2, 0) is 6.42 Å². The number of nitrogens with one attached hydrogen (secondary N) is 1. The fourth-order valence-electron chi connectivity index (χ4n) is 2.57. The third kappa shape index (κ3) is 3.76. The first kappa shape index (κ1) is 16.9. The fourth-order valence-corrected chi connectivity index (χ4v) is 2.57. The van der Waals surface area contributed by atoms with Gasteiger partial charge in [0.15, 0.2) is 17.8 Å². The van der Waals surface area contributed by atoms with Crippen molar-refractivity contribution in [2.24, 2.45) is 0 Å². The van der Waals surface area contributed by atoms with Gasteiger partial charge in [0.1, 0.15) is 12.2 Å². The minimum Gasteiger partial charge on any atom is -0.443 e. The van der Waals surface area contributed by atoms with Gasteiger partial charge in [-0.1, -0.05) is 29.8 Å². The normalized spacial score (nSPS) is 11.0. The molecule has 3 aromatic rings. The molecule has 0 saturated heterocycles. The molecule has 0 aliphatic rings. The largest absolute Gasteiger partial charge is 0.443 e. The summed E-state index contributed by atoms with van der Waals surface area (Å²) >= 11 is 0. The molecule has 0 atom stereocenters. The van der Waals surface area contributed by atoms with Crippen molar-refractivity contribution < 1.29 is 9.21 Å². The minimum atomic E-state index is -0.264. The average molecular weight is 339 g/mol. The minimum absolute atomic E-state index is 0.264. The Morgan fingerprint density at radius 3 is 2.76 bits per heavy atom. The molecular weight excluding hydrogens is 318 g/mol. The van der Waals surface area contributed by atoms with E-state index in [-0.39, 0.29) is 17.6 Å². The summed E-state index contributed by atoms with van der Waals surface area (Å²) in [6.45, 7) is 6.58. The van der Waals surface area contributed by atoms with E-state index in [2.05, 4.69) is 34.3 Å². The van der Waals surface area contributed by atoms with Gasteiger partial charge in [0, 0.05) is 24.6 Å². The molecule has 0 aliphatic heterocycles. The van der Waals surface area contributed by atoms with Gasteiger partial charge in [0.25, 0.3) is 5.91 Å². The Hall–Kier alpha value is -2.96. The summed E-state index contributed by atoms with van der Waals surface area (Å²) in [5.74, 6) is 1.05. The smallest absolute Gasteiger partial charge is 0.273 e. The highest BCUT2D eigenvalue weighted by Crippen LogP contribution is 2.23. The number of carbonyl (C=O) groups is 1. The van der Waals surface area contributed by atoms with Gasteiger partial charge in [-0.15, -0.1) is 10.2 Å². The van der Waals surface area contributed by atoms with E-state index in [1.165, 1.54) is 6.39 Å². The predicted octanol–water partition coefficient (Wildman–Crippen LogP) is 2.79. The number of aryl methyl sites for hydroxylation is 1. The Morgan fingerprint density at radius 2 is 2.04 bits per heavy atom. The molecule has 130 valence electrons. The van der Waals surface area contributed by atoms with Gasteiger partial charge in [-0.25, -0.2) is 4.98 Å². The fraction of sp³-hybridized carbons (Fsp3) is 0.333. The van der Waals surface area contributed by atoms with Crippen LogP contribution < -0.4 is 5.32 Å². The molecule has 2 aromatic heterocycles. The first-order chi connectivity index (χ1) is 12.1. The van der Waals surface area contributed by atoms with E-state index in [1.54, 1.807) is 6.33 Å². The number of rotatable bonds is 6. The molecule has 0 spiro atoms. The van der Waals surface area contributed by atoms with Gasteiger partial charge in [0.05, 0.1) is 0 Å². The molecule has 1 aromatic carbocycles. The second kappa shape index (κ2) is 7.29. The summed E-state index contributed by atoms with van der Waals surface area (Å²) < 4.78 is 7.40. The average Bonchev–Trinajstić information content (AvgIpc) is 3.24. The van der Waals surface area contributed by atoms with Crippen molar-refractivity contribution in [3.63, 3.8) is 0 Å². The highest BCUT2D eigenvalue weighted by molar-refractivity contribution is 5.97. The van der Waals surface area contributed by atoms with E-state index >= 15 is 0 Å². The number of hydrogen-bond donors (Lipinski definition) is 1. The number of aromatic nitrogens is 4. The maximum atomic E-state index is 12.4. The molecule has 0 radical (unpaired) electrons. The lowest BCUT2D eigenvalue weighted by Gasteiger charge is -2.10. The molecule has 0 aliphatic carbocycles. The number of benzene rings is 1. The van der Waals surface area contributed by atoms with E-state index < -0.39 is 0 Å². The van der Waals surface area contributed by atoms with E-state index in [1.807, 2.05) is 35.8 Å². The molecule has 1 amide bonds. The lowest BCUT2D eigenvalue weighted by Crippen LogP contribution is -2.27. The summed E-state index contributed by atoms with van der Waals surface area (Å²) in [4.78, 5) is 16.5. The van der Waals surface area contributed by atoms with Crippen LogP contribution >= 0.6 is 0 Å². The molecule has 0 bridgehead atoms. The zero-order valence-electron chi connectivity index (χ0n) is 14.6. The van der Waals surface area contributed by atoms with Gasteiger partial charge >= 0.3 is 0 Å². The van der Waals surface area contributed by atoms with Gasteiger partial charge in [-0.3, -0.25) is 4.79 Å². The van der Waals surface area contributed by atoms with Crippen LogP contribution in [-0.4, -0.2) is 32.2 Å².